The molecule has 0 radical (unpaired) electrons. The molecule has 2 rings (SSSR count). The summed E-state index contributed by atoms with van der Waals surface area (Å²) >= 11 is 0.448. The molecule has 4 nitrogen and oxygen atoms in total. The third kappa shape index (κ3) is 4.88. The Morgan fingerprint density at radius 2 is 1.65 bits per heavy atom. The number of carbonyl (C=O) groups is 1. The lowest BCUT2D eigenvalue weighted by molar-refractivity contribution is 0.0939. The molecule has 1 N–H and O–H groups in total. The number of nitrogens with one attached hydrogen (secondary N) is 1. The molecule has 1 amide bonds. The number of amides is 1. The Balaban J connectivity index is 2.14. The average Bonchev–Trinajstić information content (AvgIpc) is 2.61. The third-order valence-corrected chi connectivity index (χ3v) is 4.65. The first kappa shape index (κ1) is 20.0. The Labute approximate surface area is 155 Å². The van der Waals surface area contributed by atoms with Crippen molar-refractivity contribution >= 4 is 17.7 Å². The van der Waals surface area contributed by atoms with Crippen molar-refractivity contribution in [1.82, 2.24) is 5.32 Å². The summed E-state index contributed by atoms with van der Waals surface area (Å²) < 4.78 is 35.3. The summed E-state index contributed by atoms with van der Waals surface area (Å²) in [6, 6.07) is 9.52. The van der Waals surface area contributed by atoms with Crippen LogP contribution in [0.3, 0.4) is 0 Å². The summed E-state index contributed by atoms with van der Waals surface area (Å²) in [6.45, 7) is 3.80. The molecule has 1 atom stereocenters. The molecular weight excluding hydrogens is 360 g/mol. The van der Waals surface area contributed by atoms with Crippen LogP contribution in [0.15, 0.2) is 41.3 Å². The van der Waals surface area contributed by atoms with Crippen molar-refractivity contribution in [2.75, 3.05) is 14.2 Å². The number of benzene rings is 2. The first-order valence-electron chi connectivity index (χ1n) is 7.94. The van der Waals surface area contributed by atoms with Crippen LogP contribution >= 0.6 is 11.8 Å². The van der Waals surface area contributed by atoms with Gasteiger partial charge in [-0.1, -0.05) is 11.8 Å². The molecule has 0 saturated heterocycles. The highest BCUT2D eigenvalue weighted by molar-refractivity contribution is 7.99. The molecule has 1 unspecified atom stereocenters. The van der Waals surface area contributed by atoms with E-state index < -0.39 is 5.76 Å². The number of halogens is 2. The van der Waals surface area contributed by atoms with Gasteiger partial charge >= 0.3 is 0 Å². The van der Waals surface area contributed by atoms with Crippen molar-refractivity contribution in [1.29, 1.82) is 0 Å². The lowest BCUT2D eigenvalue weighted by Gasteiger charge is -2.19. The zero-order valence-corrected chi connectivity index (χ0v) is 15.8. The van der Waals surface area contributed by atoms with Crippen LogP contribution in [0, 0.1) is 6.92 Å². The normalized spacial score (nSPS) is 12.0. The largest absolute Gasteiger partial charge is 0.493 e. The fourth-order valence-electron chi connectivity index (χ4n) is 2.61. The molecule has 0 heterocycles. The highest BCUT2D eigenvalue weighted by Crippen LogP contribution is 2.33. The Kier molecular flexibility index (Phi) is 6.85. The number of thioether (sulfide) groups is 1. The maximum Gasteiger partial charge on any atom is 0.288 e. The van der Waals surface area contributed by atoms with Crippen molar-refractivity contribution in [2.45, 2.75) is 30.5 Å². The van der Waals surface area contributed by atoms with E-state index in [0.717, 1.165) is 11.1 Å². The zero-order valence-electron chi connectivity index (χ0n) is 15.0. The number of ether oxygens (including phenoxy) is 2. The molecule has 2 aromatic carbocycles. The van der Waals surface area contributed by atoms with Gasteiger partial charge in [-0.05, 0) is 61.4 Å². The maximum absolute atomic E-state index is 12.4. The summed E-state index contributed by atoms with van der Waals surface area (Å²) in [5, 5.41) is 2.91. The van der Waals surface area contributed by atoms with Gasteiger partial charge in [0.2, 0.25) is 0 Å². The SMILES string of the molecule is COc1cc(C)c(C(C)NC(=O)c2ccc(SC(F)F)cc2)cc1OC. The van der Waals surface area contributed by atoms with Crippen molar-refractivity contribution < 1.29 is 23.0 Å². The molecule has 2 aromatic rings. The van der Waals surface area contributed by atoms with Gasteiger partial charge in [0.25, 0.3) is 11.7 Å². The van der Waals surface area contributed by atoms with E-state index in [2.05, 4.69) is 5.32 Å². The van der Waals surface area contributed by atoms with Gasteiger partial charge in [0, 0.05) is 10.5 Å². The number of carbonyl (C=O) groups excluding carboxylic acids is 1. The minimum atomic E-state index is -2.48. The van der Waals surface area contributed by atoms with Crippen LogP contribution in [0.1, 0.15) is 34.5 Å². The molecule has 140 valence electrons. The number of alkyl halides is 2. The van der Waals surface area contributed by atoms with E-state index in [-0.39, 0.29) is 11.9 Å². The summed E-state index contributed by atoms with van der Waals surface area (Å²) in [5.74, 6) is -1.55. The van der Waals surface area contributed by atoms with E-state index in [9.17, 15) is 13.6 Å². The van der Waals surface area contributed by atoms with Crippen LogP contribution in [-0.4, -0.2) is 25.9 Å². The second kappa shape index (κ2) is 8.89. The molecule has 0 fully saturated rings. The molecule has 0 aromatic heterocycles. The molecule has 0 bridgehead atoms. The van der Waals surface area contributed by atoms with Crippen molar-refractivity contribution in [3.05, 3.63) is 53.1 Å². The van der Waals surface area contributed by atoms with Crippen LogP contribution in [0.2, 0.25) is 0 Å². The predicted molar refractivity (Wildman–Crippen MR) is 98.5 cm³/mol. The second-order valence-electron chi connectivity index (χ2n) is 5.66. The van der Waals surface area contributed by atoms with Gasteiger partial charge in [-0.25, -0.2) is 0 Å². The summed E-state index contributed by atoms with van der Waals surface area (Å²) in [5.41, 5.74) is 2.27. The molecular formula is C19H21F2NO3S. The van der Waals surface area contributed by atoms with Gasteiger partial charge < -0.3 is 14.8 Å². The molecule has 0 aliphatic rings. The smallest absolute Gasteiger partial charge is 0.288 e. The van der Waals surface area contributed by atoms with Crippen molar-refractivity contribution in [3.63, 3.8) is 0 Å². The first-order chi connectivity index (χ1) is 12.3. The molecule has 0 spiro atoms. The zero-order chi connectivity index (χ0) is 19.3. The summed E-state index contributed by atoms with van der Waals surface area (Å²) in [6.07, 6.45) is 0. The average molecular weight is 381 g/mol. The monoisotopic (exact) mass is 381 g/mol. The van der Waals surface area contributed by atoms with Crippen LogP contribution in [0.25, 0.3) is 0 Å². The highest BCUT2D eigenvalue weighted by atomic mass is 32.2. The lowest BCUT2D eigenvalue weighted by atomic mass is 10.0. The van der Waals surface area contributed by atoms with E-state index in [4.69, 9.17) is 9.47 Å². The van der Waals surface area contributed by atoms with Crippen molar-refractivity contribution in [3.8, 4) is 11.5 Å². The molecule has 0 saturated carbocycles. The molecule has 0 aliphatic carbocycles. The minimum absolute atomic E-state index is 0.266. The van der Waals surface area contributed by atoms with Crippen LogP contribution in [0.5, 0.6) is 11.5 Å². The Morgan fingerprint density at radius 1 is 1.08 bits per heavy atom. The minimum Gasteiger partial charge on any atom is -0.493 e. The lowest BCUT2D eigenvalue weighted by Crippen LogP contribution is -2.27. The fraction of sp³-hybridized carbons (Fsp3) is 0.316. The number of rotatable bonds is 7. The number of hydrogen-bond donors (Lipinski definition) is 1. The topological polar surface area (TPSA) is 47.6 Å². The summed E-state index contributed by atoms with van der Waals surface area (Å²) in [4.78, 5) is 12.8. The Hall–Kier alpha value is -2.28. The van der Waals surface area contributed by atoms with Gasteiger partial charge in [-0.3, -0.25) is 4.79 Å². The van der Waals surface area contributed by atoms with Gasteiger partial charge in [0.1, 0.15) is 0 Å². The van der Waals surface area contributed by atoms with Crippen molar-refractivity contribution in [2.24, 2.45) is 0 Å². The van der Waals surface area contributed by atoms with E-state index in [1.807, 2.05) is 26.0 Å². The number of aryl methyl sites for hydroxylation is 1. The van der Waals surface area contributed by atoms with Gasteiger partial charge in [-0.2, -0.15) is 8.78 Å². The van der Waals surface area contributed by atoms with Gasteiger partial charge in [0.05, 0.1) is 20.3 Å². The Bertz CT molecular complexity index is 766. The predicted octanol–water partition coefficient (Wildman–Crippen LogP) is 4.82. The quantitative estimate of drug-likeness (QED) is 0.699. The maximum atomic E-state index is 12.4. The first-order valence-corrected chi connectivity index (χ1v) is 8.82. The van der Waals surface area contributed by atoms with E-state index in [1.54, 1.807) is 14.2 Å². The number of hydrogen-bond acceptors (Lipinski definition) is 4. The van der Waals surface area contributed by atoms with Crippen LogP contribution in [-0.2, 0) is 0 Å². The van der Waals surface area contributed by atoms with E-state index in [0.29, 0.717) is 33.7 Å². The van der Waals surface area contributed by atoms with Crippen LogP contribution < -0.4 is 14.8 Å². The van der Waals surface area contributed by atoms with Gasteiger partial charge in [-0.15, -0.1) is 0 Å². The standard InChI is InChI=1S/C19H21F2NO3S/c1-11-9-16(24-3)17(25-4)10-15(11)12(2)22-18(23)13-5-7-14(8-6-13)26-19(20)21/h5-10,12,19H,1-4H3,(H,22,23). The van der Waals surface area contributed by atoms with E-state index >= 15 is 0 Å². The van der Waals surface area contributed by atoms with E-state index in [1.165, 1.54) is 24.3 Å². The molecule has 7 heteroatoms. The summed E-state index contributed by atoms with van der Waals surface area (Å²) in [7, 11) is 3.12. The fourth-order valence-corrected chi connectivity index (χ4v) is 3.11. The van der Waals surface area contributed by atoms with Gasteiger partial charge in [0.15, 0.2) is 11.5 Å². The third-order valence-electron chi connectivity index (χ3n) is 3.93. The Morgan fingerprint density at radius 3 is 2.19 bits per heavy atom. The molecule has 0 aliphatic heterocycles. The highest BCUT2D eigenvalue weighted by Gasteiger charge is 2.17. The molecule has 26 heavy (non-hydrogen) atoms. The van der Waals surface area contributed by atoms with Crippen LogP contribution in [0.4, 0.5) is 8.78 Å². The second-order valence-corrected chi connectivity index (χ2v) is 6.73. The number of methoxy groups -OCH3 is 2.